The van der Waals surface area contributed by atoms with Crippen LogP contribution < -0.4 is 11.1 Å². The highest BCUT2D eigenvalue weighted by atomic mass is 16.4. The predicted molar refractivity (Wildman–Crippen MR) is 78.9 cm³/mol. The second-order valence-electron chi connectivity index (χ2n) is 4.84. The SMILES string of the molecule is Cc1cc(C(=O)O)ccc1NC(=O)CCCCCCN. The average molecular weight is 278 g/mol. The Morgan fingerprint density at radius 3 is 2.50 bits per heavy atom. The summed E-state index contributed by atoms with van der Waals surface area (Å²) in [5.41, 5.74) is 7.05. The molecule has 1 amide bonds. The fourth-order valence-corrected chi connectivity index (χ4v) is 1.93. The smallest absolute Gasteiger partial charge is 0.335 e. The third kappa shape index (κ3) is 5.40. The van der Waals surface area contributed by atoms with Crippen LogP contribution in [0.3, 0.4) is 0 Å². The van der Waals surface area contributed by atoms with Gasteiger partial charge in [0.25, 0.3) is 0 Å². The van der Waals surface area contributed by atoms with E-state index in [4.69, 9.17) is 10.8 Å². The Morgan fingerprint density at radius 2 is 1.90 bits per heavy atom. The molecular formula is C15H22N2O3. The Hall–Kier alpha value is -1.88. The van der Waals surface area contributed by atoms with Crippen molar-refractivity contribution in [1.82, 2.24) is 0 Å². The molecule has 4 N–H and O–H groups in total. The van der Waals surface area contributed by atoms with E-state index < -0.39 is 5.97 Å². The van der Waals surface area contributed by atoms with Crippen molar-refractivity contribution in [2.75, 3.05) is 11.9 Å². The van der Waals surface area contributed by atoms with Crippen molar-refractivity contribution in [2.24, 2.45) is 5.73 Å². The number of carbonyl (C=O) groups excluding carboxylic acids is 1. The highest BCUT2D eigenvalue weighted by Crippen LogP contribution is 2.17. The highest BCUT2D eigenvalue weighted by molar-refractivity contribution is 5.93. The van der Waals surface area contributed by atoms with Crippen molar-refractivity contribution in [3.05, 3.63) is 29.3 Å². The van der Waals surface area contributed by atoms with E-state index in [2.05, 4.69) is 5.32 Å². The molecule has 0 spiro atoms. The van der Waals surface area contributed by atoms with Gasteiger partial charge in [0.1, 0.15) is 0 Å². The van der Waals surface area contributed by atoms with E-state index in [0.717, 1.165) is 31.2 Å². The van der Waals surface area contributed by atoms with Crippen molar-refractivity contribution in [3.8, 4) is 0 Å². The minimum atomic E-state index is -0.967. The number of nitrogens with one attached hydrogen (secondary N) is 1. The van der Waals surface area contributed by atoms with Crippen molar-refractivity contribution < 1.29 is 14.7 Å². The monoisotopic (exact) mass is 278 g/mol. The van der Waals surface area contributed by atoms with Gasteiger partial charge in [0, 0.05) is 12.1 Å². The molecule has 1 rings (SSSR count). The Morgan fingerprint density at radius 1 is 1.20 bits per heavy atom. The third-order valence-electron chi connectivity index (χ3n) is 3.11. The van der Waals surface area contributed by atoms with Gasteiger partial charge in [-0.25, -0.2) is 4.79 Å². The van der Waals surface area contributed by atoms with Crippen LogP contribution in [0.2, 0.25) is 0 Å². The number of unbranched alkanes of at least 4 members (excludes halogenated alkanes) is 3. The van der Waals surface area contributed by atoms with Crippen molar-refractivity contribution in [1.29, 1.82) is 0 Å². The molecule has 0 heterocycles. The van der Waals surface area contributed by atoms with Gasteiger partial charge in [0.2, 0.25) is 5.91 Å². The number of rotatable bonds is 8. The van der Waals surface area contributed by atoms with Crippen LogP contribution in [-0.2, 0) is 4.79 Å². The number of aryl methyl sites for hydroxylation is 1. The number of anilines is 1. The van der Waals surface area contributed by atoms with Crippen molar-refractivity contribution in [2.45, 2.75) is 39.0 Å². The van der Waals surface area contributed by atoms with Crippen molar-refractivity contribution in [3.63, 3.8) is 0 Å². The minimum Gasteiger partial charge on any atom is -0.478 e. The highest BCUT2D eigenvalue weighted by Gasteiger charge is 2.08. The summed E-state index contributed by atoms with van der Waals surface area (Å²) in [7, 11) is 0. The number of hydrogen-bond donors (Lipinski definition) is 3. The van der Waals surface area contributed by atoms with Crippen LogP contribution in [0.4, 0.5) is 5.69 Å². The predicted octanol–water partition coefficient (Wildman–Crippen LogP) is 2.54. The van der Waals surface area contributed by atoms with Crippen molar-refractivity contribution >= 4 is 17.6 Å². The van der Waals surface area contributed by atoms with E-state index in [1.165, 1.54) is 6.07 Å². The molecule has 0 aromatic heterocycles. The van der Waals surface area contributed by atoms with E-state index in [1.807, 2.05) is 0 Å². The molecule has 110 valence electrons. The second kappa shape index (κ2) is 8.32. The number of benzene rings is 1. The first-order valence-electron chi connectivity index (χ1n) is 6.88. The summed E-state index contributed by atoms with van der Waals surface area (Å²) < 4.78 is 0. The maximum absolute atomic E-state index is 11.8. The number of carbonyl (C=O) groups is 2. The molecule has 1 aromatic carbocycles. The quantitative estimate of drug-likeness (QED) is 0.637. The molecular weight excluding hydrogens is 256 g/mol. The Balaban J connectivity index is 2.44. The zero-order valence-corrected chi connectivity index (χ0v) is 11.8. The Bertz CT molecular complexity index is 472. The van der Waals surface area contributed by atoms with Gasteiger partial charge < -0.3 is 16.2 Å². The Labute approximate surface area is 119 Å². The number of hydrogen-bond acceptors (Lipinski definition) is 3. The standard InChI is InChI=1S/C15H22N2O3/c1-11-10-12(15(19)20)7-8-13(11)17-14(18)6-4-2-3-5-9-16/h7-8,10H,2-6,9,16H2,1H3,(H,17,18)(H,19,20). The molecule has 0 atom stereocenters. The van der Waals surface area contributed by atoms with Crippen LogP contribution in [0.25, 0.3) is 0 Å². The summed E-state index contributed by atoms with van der Waals surface area (Å²) in [4.78, 5) is 22.6. The van der Waals surface area contributed by atoms with Gasteiger partial charge in [0.05, 0.1) is 5.56 Å². The molecule has 0 saturated carbocycles. The molecule has 0 aliphatic heterocycles. The van der Waals surface area contributed by atoms with Crippen LogP contribution in [-0.4, -0.2) is 23.5 Å². The number of nitrogens with two attached hydrogens (primary N) is 1. The fraction of sp³-hybridized carbons (Fsp3) is 0.467. The lowest BCUT2D eigenvalue weighted by molar-refractivity contribution is -0.116. The van der Waals surface area contributed by atoms with E-state index in [0.29, 0.717) is 18.7 Å². The largest absolute Gasteiger partial charge is 0.478 e. The van der Waals surface area contributed by atoms with Gasteiger partial charge in [-0.05, 0) is 50.1 Å². The van der Waals surface area contributed by atoms with Crippen LogP contribution in [0.1, 0.15) is 48.0 Å². The zero-order chi connectivity index (χ0) is 15.0. The van der Waals surface area contributed by atoms with Crippen LogP contribution in [0, 0.1) is 6.92 Å². The zero-order valence-electron chi connectivity index (χ0n) is 11.8. The lowest BCUT2D eigenvalue weighted by Crippen LogP contribution is -2.12. The van der Waals surface area contributed by atoms with Gasteiger partial charge in [0.15, 0.2) is 0 Å². The van der Waals surface area contributed by atoms with Gasteiger partial charge >= 0.3 is 5.97 Å². The van der Waals surface area contributed by atoms with Crippen LogP contribution in [0.5, 0.6) is 0 Å². The third-order valence-corrected chi connectivity index (χ3v) is 3.11. The number of carboxylic acids is 1. The van der Waals surface area contributed by atoms with Gasteiger partial charge in [-0.1, -0.05) is 12.8 Å². The summed E-state index contributed by atoms with van der Waals surface area (Å²) in [5.74, 6) is -1.00. The molecule has 20 heavy (non-hydrogen) atoms. The minimum absolute atomic E-state index is 0.0380. The lowest BCUT2D eigenvalue weighted by atomic mass is 10.1. The first-order valence-corrected chi connectivity index (χ1v) is 6.88. The fourth-order valence-electron chi connectivity index (χ4n) is 1.93. The lowest BCUT2D eigenvalue weighted by Gasteiger charge is -2.09. The average Bonchev–Trinajstić information content (AvgIpc) is 2.40. The maximum Gasteiger partial charge on any atom is 0.335 e. The normalized spacial score (nSPS) is 10.3. The van der Waals surface area contributed by atoms with Gasteiger partial charge in [-0.3, -0.25) is 4.79 Å². The van der Waals surface area contributed by atoms with E-state index >= 15 is 0 Å². The van der Waals surface area contributed by atoms with E-state index in [1.54, 1.807) is 19.1 Å². The molecule has 0 unspecified atom stereocenters. The molecule has 5 heteroatoms. The van der Waals surface area contributed by atoms with Gasteiger partial charge in [-0.15, -0.1) is 0 Å². The van der Waals surface area contributed by atoms with Gasteiger partial charge in [-0.2, -0.15) is 0 Å². The molecule has 0 radical (unpaired) electrons. The molecule has 5 nitrogen and oxygen atoms in total. The molecule has 0 fully saturated rings. The summed E-state index contributed by atoms with van der Waals surface area (Å²) in [6.45, 7) is 2.48. The molecule has 0 aliphatic rings. The topological polar surface area (TPSA) is 92.4 Å². The first kappa shape index (κ1) is 16.2. The van der Waals surface area contributed by atoms with Crippen LogP contribution >= 0.6 is 0 Å². The van der Waals surface area contributed by atoms with E-state index in [9.17, 15) is 9.59 Å². The summed E-state index contributed by atoms with van der Waals surface area (Å²) in [5, 5.41) is 11.7. The number of carboxylic acid groups (broad SMARTS) is 1. The first-order chi connectivity index (χ1) is 9.54. The second-order valence-corrected chi connectivity index (χ2v) is 4.84. The Kier molecular flexibility index (Phi) is 6.73. The molecule has 1 aromatic rings. The number of amides is 1. The molecule has 0 saturated heterocycles. The molecule has 0 bridgehead atoms. The number of aromatic carboxylic acids is 1. The van der Waals surface area contributed by atoms with E-state index in [-0.39, 0.29) is 11.5 Å². The molecule has 0 aliphatic carbocycles. The summed E-state index contributed by atoms with van der Waals surface area (Å²) >= 11 is 0. The summed E-state index contributed by atoms with van der Waals surface area (Å²) in [6.07, 6.45) is 4.37. The maximum atomic E-state index is 11.8. The summed E-state index contributed by atoms with van der Waals surface area (Å²) in [6, 6.07) is 4.68. The van der Waals surface area contributed by atoms with Crippen LogP contribution in [0.15, 0.2) is 18.2 Å².